The zero-order chi connectivity index (χ0) is 14.7. The Bertz CT molecular complexity index is 603. The summed E-state index contributed by atoms with van der Waals surface area (Å²) in [5.74, 6) is -0.751. The van der Waals surface area contributed by atoms with Crippen molar-refractivity contribution in [2.45, 2.75) is 18.9 Å². The number of aliphatic hydroxyl groups is 1. The number of aryl methyl sites for hydroxylation is 1. The zero-order valence-electron chi connectivity index (χ0n) is 11.2. The first kappa shape index (κ1) is 15.0. The van der Waals surface area contributed by atoms with Crippen molar-refractivity contribution in [2.24, 2.45) is 5.73 Å². The average Bonchev–Trinajstić information content (AvgIpc) is 2.42. The number of halogens is 2. The maximum Gasteiger partial charge on any atom is 0.141 e. The Balaban J connectivity index is 2.33. The SMILES string of the molecule is Cc1cccc(C(CN)C(O)c2ccc(F)c(Cl)c2)c1. The van der Waals surface area contributed by atoms with Crippen LogP contribution in [-0.2, 0) is 0 Å². The van der Waals surface area contributed by atoms with Crippen LogP contribution in [0.4, 0.5) is 4.39 Å². The van der Waals surface area contributed by atoms with Crippen molar-refractivity contribution < 1.29 is 9.50 Å². The first-order chi connectivity index (χ1) is 9.52. The van der Waals surface area contributed by atoms with Gasteiger partial charge in [0.2, 0.25) is 0 Å². The van der Waals surface area contributed by atoms with Gasteiger partial charge in [-0.1, -0.05) is 47.5 Å². The van der Waals surface area contributed by atoms with Crippen LogP contribution in [0.25, 0.3) is 0 Å². The molecule has 0 aliphatic rings. The van der Waals surface area contributed by atoms with Crippen molar-refractivity contribution in [3.05, 3.63) is 70.0 Å². The van der Waals surface area contributed by atoms with E-state index in [0.717, 1.165) is 11.1 Å². The maximum absolute atomic E-state index is 13.2. The molecule has 0 fully saturated rings. The summed E-state index contributed by atoms with van der Waals surface area (Å²) in [6.45, 7) is 2.28. The van der Waals surface area contributed by atoms with E-state index >= 15 is 0 Å². The van der Waals surface area contributed by atoms with E-state index in [0.29, 0.717) is 12.1 Å². The zero-order valence-corrected chi connectivity index (χ0v) is 11.9. The third kappa shape index (κ3) is 3.18. The van der Waals surface area contributed by atoms with Crippen LogP contribution >= 0.6 is 11.6 Å². The molecule has 0 radical (unpaired) electrons. The van der Waals surface area contributed by atoms with Crippen LogP contribution in [0.3, 0.4) is 0 Å². The predicted octanol–water partition coefficient (Wildman–Crippen LogP) is 3.56. The summed E-state index contributed by atoms with van der Waals surface area (Å²) >= 11 is 5.76. The average molecular weight is 294 g/mol. The van der Waals surface area contributed by atoms with E-state index in [2.05, 4.69) is 0 Å². The van der Waals surface area contributed by atoms with E-state index in [4.69, 9.17) is 17.3 Å². The number of hydrogen-bond acceptors (Lipinski definition) is 2. The third-order valence-electron chi connectivity index (χ3n) is 3.39. The Labute approximate surface area is 123 Å². The van der Waals surface area contributed by atoms with Gasteiger partial charge in [-0.15, -0.1) is 0 Å². The first-order valence-electron chi connectivity index (χ1n) is 6.42. The summed E-state index contributed by atoms with van der Waals surface area (Å²) < 4.78 is 13.2. The molecule has 0 bridgehead atoms. The molecule has 2 atom stereocenters. The second-order valence-electron chi connectivity index (χ2n) is 4.87. The fraction of sp³-hybridized carbons (Fsp3) is 0.250. The lowest BCUT2D eigenvalue weighted by Crippen LogP contribution is -2.20. The second-order valence-corrected chi connectivity index (χ2v) is 5.28. The largest absolute Gasteiger partial charge is 0.388 e. The summed E-state index contributed by atoms with van der Waals surface area (Å²) in [5.41, 5.74) is 8.42. The Morgan fingerprint density at radius 2 is 1.95 bits per heavy atom. The Morgan fingerprint density at radius 3 is 2.55 bits per heavy atom. The van der Waals surface area contributed by atoms with Gasteiger partial charge < -0.3 is 10.8 Å². The Hall–Kier alpha value is -1.42. The summed E-state index contributed by atoms with van der Waals surface area (Å²) in [6.07, 6.45) is -0.820. The van der Waals surface area contributed by atoms with Gasteiger partial charge in [-0.25, -0.2) is 4.39 Å². The molecule has 0 heterocycles. The molecule has 2 rings (SSSR count). The van der Waals surface area contributed by atoms with Gasteiger partial charge in [0.05, 0.1) is 11.1 Å². The van der Waals surface area contributed by atoms with Crippen LogP contribution in [0.5, 0.6) is 0 Å². The van der Waals surface area contributed by atoms with Crippen molar-refractivity contribution in [3.8, 4) is 0 Å². The van der Waals surface area contributed by atoms with E-state index < -0.39 is 11.9 Å². The maximum atomic E-state index is 13.2. The molecular weight excluding hydrogens is 277 g/mol. The lowest BCUT2D eigenvalue weighted by atomic mass is 9.88. The molecule has 20 heavy (non-hydrogen) atoms. The third-order valence-corrected chi connectivity index (χ3v) is 3.68. The highest BCUT2D eigenvalue weighted by molar-refractivity contribution is 6.30. The molecule has 0 saturated carbocycles. The van der Waals surface area contributed by atoms with Crippen molar-refractivity contribution in [3.63, 3.8) is 0 Å². The minimum Gasteiger partial charge on any atom is -0.388 e. The molecule has 2 aromatic rings. The molecule has 0 aromatic heterocycles. The Kier molecular flexibility index (Phi) is 4.76. The molecule has 106 valence electrons. The monoisotopic (exact) mass is 293 g/mol. The quantitative estimate of drug-likeness (QED) is 0.905. The summed E-state index contributed by atoms with van der Waals surface area (Å²) in [5, 5.41) is 10.5. The highest BCUT2D eigenvalue weighted by Crippen LogP contribution is 2.32. The van der Waals surface area contributed by atoms with E-state index in [1.54, 1.807) is 0 Å². The molecule has 2 unspecified atom stereocenters. The van der Waals surface area contributed by atoms with Crippen LogP contribution in [0, 0.1) is 12.7 Å². The predicted molar refractivity (Wildman–Crippen MR) is 79.3 cm³/mol. The normalized spacial score (nSPS) is 14.1. The number of rotatable bonds is 4. The van der Waals surface area contributed by atoms with Gasteiger partial charge in [-0.3, -0.25) is 0 Å². The molecule has 3 N–H and O–H groups in total. The molecule has 0 aliphatic carbocycles. The number of aliphatic hydroxyl groups excluding tert-OH is 1. The van der Waals surface area contributed by atoms with Gasteiger partial charge in [0.1, 0.15) is 5.82 Å². The van der Waals surface area contributed by atoms with E-state index in [-0.39, 0.29) is 10.9 Å². The number of benzene rings is 2. The van der Waals surface area contributed by atoms with Crippen LogP contribution in [0.15, 0.2) is 42.5 Å². The van der Waals surface area contributed by atoms with E-state index in [1.807, 2.05) is 31.2 Å². The standard InChI is InChI=1S/C16H17ClFNO/c1-10-3-2-4-11(7-10)13(9-19)16(20)12-5-6-15(18)14(17)8-12/h2-8,13,16,20H,9,19H2,1H3. The molecule has 0 spiro atoms. The minimum atomic E-state index is -0.820. The van der Waals surface area contributed by atoms with E-state index in [1.165, 1.54) is 18.2 Å². The summed E-state index contributed by atoms with van der Waals surface area (Å²) in [4.78, 5) is 0. The fourth-order valence-electron chi connectivity index (χ4n) is 2.28. The molecule has 2 nitrogen and oxygen atoms in total. The fourth-order valence-corrected chi connectivity index (χ4v) is 2.47. The van der Waals surface area contributed by atoms with Crippen LogP contribution in [0.1, 0.15) is 28.7 Å². The van der Waals surface area contributed by atoms with Crippen LogP contribution in [-0.4, -0.2) is 11.7 Å². The first-order valence-corrected chi connectivity index (χ1v) is 6.80. The van der Waals surface area contributed by atoms with Crippen molar-refractivity contribution in [1.29, 1.82) is 0 Å². The molecule has 4 heteroatoms. The van der Waals surface area contributed by atoms with Crippen molar-refractivity contribution >= 4 is 11.6 Å². The highest BCUT2D eigenvalue weighted by Gasteiger charge is 2.22. The van der Waals surface area contributed by atoms with Gasteiger partial charge in [0.25, 0.3) is 0 Å². The molecule has 2 aromatic carbocycles. The smallest absolute Gasteiger partial charge is 0.141 e. The van der Waals surface area contributed by atoms with Crippen molar-refractivity contribution in [1.82, 2.24) is 0 Å². The second kappa shape index (κ2) is 6.35. The lowest BCUT2D eigenvalue weighted by molar-refractivity contribution is 0.147. The lowest BCUT2D eigenvalue weighted by Gasteiger charge is -2.23. The van der Waals surface area contributed by atoms with Gasteiger partial charge in [0, 0.05) is 12.5 Å². The molecular formula is C16H17ClFNO. The number of hydrogen-bond donors (Lipinski definition) is 2. The van der Waals surface area contributed by atoms with Crippen LogP contribution in [0.2, 0.25) is 5.02 Å². The number of nitrogens with two attached hydrogens (primary N) is 1. The van der Waals surface area contributed by atoms with E-state index in [9.17, 15) is 9.50 Å². The Morgan fingerprint density at radius 1 is 1.20 bits per heavy atom. The molecule has 0 aliphatic heterocycles. The highest BCUT2D eigenvalue weighted by atomic mass is 35.5. The van der Waals surface area contributed by atoms with Gasteiger partial charge in [-0.2, -0.15) is 0 Å². The summed E-state index contributed by atoms with van der Waals surface area (Å²) in [7, 11) is 0. The minimum absolute atomic E-state index is 0.00145. The van der Waals surface area contributed by atoms with Gasteiger partial charge in [-0.05, 0) is 30.2 Å². The van der Waals surface area contributed by atoms with Gasteiger partial charge in [0.15, 0.2) is 0 Å². The van der Waals surface area contributed by atoms with Crippen molar-refractivity contribution in [2.75, 3.05) is 6.54 Å². The topological polar surface area (TPSA) is 46.2 Å². The summed E-state index contributed by atoms with van der Waals surface area (Å²) in [6, 6.07) is 12.1. The van der Waals surface area contributed by atoms with Crippen LogP contribution < -0.4 is 5.73 Å². The van der Waals surface area contributed by atoms with Gasteiger partial charge >= 0.3 is 0 Å². The molecule has 0 amide bonds. The molecule has 0 saturated heterocycles.